The van der Waals surface area contributed by atoms with Crippen LogP contribution in [-0.4, -0.2) is 11.1 Å². The molecule has 0 unspecified atom stereocenters. The SMILES string of the molecule is C[C@]1(CCBr)C(=O)CC[C@@H]1c1ccoc1. The molecule has 3 heteroatoms. The molecule has 1 aliphatic rings. The van der Waals surface area contributed by atoms with Crippen molar-refractivity contribution >= 4 is 21.7 Å². The smallest absolute Gasteiger partial charge is 0.139 e. The first-order valence-corrected chi connectivity index (χ1v) is 6.42. The van der Waals surface area contributed by atoms with Gasteiger partial charge in [-0.05, 0) is 30.4 Å². The molecule has 1 fully saturated rings. The number of Topliss-reactive ketones (excluding diaryl/α,β-unsaturated/α-hetero) is 1. The van der Waals surface area contributed by atoms with E-state index in [1.807, 2.05) is 6.07 Å². The third kappa shape index (κ3) is 1.78. The van der Waals surface area contributed by atoms with Gasteiger partial charge in [0, 0.05) is 17.2 Å². The molecule has 1 aromatic rings. The van der Waals surface area contributed by atoms with E-state index in [2.05, 4.69) is 22.9 Å². The van der Waals surface area contributed by atoms with Crippen LogP contribution in [0.1, 0.15) is 37.7 Å². The molecule has 0 aromatic carbocycles. The third-order valence-corrected chi connectivity index (χ3v) is 4.02. The lowest BCUT2D eigenvalue weighted by Gasteiger charge is -2.28. The summed E-state index contributed by atoms with van der Waals surface area (Å²) >= 11 is 3.44. The van der Waals surface area contributed by atoms with Crippen LogP contribution in [0.4, 0.5) is 0 Å². The molecule has 2 rings (SSSR count). The van der Waals surface area contributed by atoms with Crippen molar-refractivity contribution in [2.45, 2.75) is 32.1 Å². The van der Waals surface area contributed by atoms with Gasteiger partial charge in [-0.25, -0.2) is 0 Å². The van der Waals surface area contributed by atoms with Gasteiger partial charge in [0.2, 0.25) is 0 Å². The minimum Gasteiger partial charge on any atom is -0.472 e. The maximum atomic E-state index is 11.9. The molecule has 0 amide bonds. The molecule has 15 heavy (non-hydrogen) atoms. The summed E-state index contributed by atoms with van der Waals surface area (Å²) in [6.07, 6.45) is 6.03. The zero-order valence-electron chi connectivity index (χ0n) is 8.83. The van der Waals surface area contributed by atoms with Crippen molar-refractivity contribution in [3.8, 4) is 0 Å². The zero-order chi connectivity index (χ0) is 10.9. The predicted molar refractivity (Wildman–Crippen MR) is 62.2 cm³/mol. The lowest BCUT2D eigenvalue weighted by atomic mass is 9.74. The molecule has 1 aromatic heterocycles. The topological polar surface area (TPSA) is 30.2 Å². The Bertz CT molecular complexity index is 345. The van der Waals surface area contributed by atoms with Gasteiger partial charge in [0.25, 0.3) is 0 Å². The number of hydrogen-bond donors (Lipinski definition) is 0. The zero-order valence-corrected chi connectivity index (χ0v) is 10.4. The number of hydrogen-bond acceptors (Lipinski definition) is 2. The molecule has 2 nitrogen and oxygen atoms in total. The van der Waals surface area contributed by atoms with Gasteiger partial charge >= 0.3 is 0 Å². The highest BCUT2D eigenvalue weighted by atomic mass is 79.9. The number of ketones is 1. The van der Waals surface area contributed by atoms with Gasteiger partial charge in [0.05, 0.1) is 12.5 Å². The Labute approximate surface area is 98.2 Å². The first-order chi connectivity index (χ1) is 7.18. The summed E-state index contributed by atoms with van der Waals surface area (Å²) in [4.78, 5) is 11.9. The van der Waals surface area contributed by atoms with E-state index in [-0.39, 0.29) is 5.41 Å². The highest BCUT2D eigenvalue weighted by molar-refractivity contribution is 9.09. The first kappa shape index (κ1) is 10.9. The second-order valence-electron chi connectivity index (χ2n) is 4.43. The van der Waals surface area contributed by atoms with E-state index in [1.54, 1.807) is 12.5 Å². The Morgan fingerprint density at radius 3 is 3.07 bits per heavy atom. The molecule has 0 saturated heterocycles. The Balaban J connectivity index is 2.29. The normalized spacial score (nSPS) is 31.1. The van der Waals surface area contributed by atoms with Crippen LogP contribution in [0.25, 0.3) is 0 Å². The molecule has 0 radical (unpaired) electrons. The van der Waals surface area contributed by atoms with Crippen LogP contribution in [0, 0.1) is 5.41 Å². The fourth-order valence-corrected chi connectivity index (χ4v) is 3.42. The van der Waals surface area contributed by atoms with Gasteiger partial charge in [0.15, 0.2) is 0 Å². The van der Waals surface area contributed by atoms with Crippen molar-refractivity contribution in [1.29, 1.82) is 0 Å². The fourth-order valence-electron chi connectivity index (χ4n) is 2.59. The second kappa shape index (κ2) is 4.12. The van der Waals surface area contributed by atoms with Gasteiger partial charge in [0.1, 0.15) is 5.78 Å². The average Bonchev–Trinajstić information content (AvgIpc) is 2.78. The van der Waals surface area contributed by atoms with Gasteiger partial charge in [-0.15, -0.1) is 0 Å². The highest BCUT2D eigenvalue weighted by Crippen LogP contribution is 2.49. The van der Waals surface area contributed by atoms with E-state index >= 15 is 0 Å². The van der Waals surface area contributed by atoms with Crippen molar-refractivity contribution in [3.05, 3.63) is 24.2 Å². The van der Waals surface area contributed by atoms with E-state index in [0.717, 1.165) is 18.2 Å². The van der Waals surface area contributed by atoms with E-state index in [4.69, 9.17) is 4.42 Å². The van der Waals surface area contributed by atoms with Gasteiger partial charge in [-0.3, -0.25) is 4.79 Å². The molecule has 1 saturated carbocycles. The molecule has 1 heterocycles. The van der Waals surface area contributed by atoms with Crippen molar-refractivity contribution in [2.75, 3.05) is 5.33 Å². The Kier molecular flexibility index (Phi) is 3.01. The van der Waals surface area contributed by atoms with Gasteiger partial charge < -0.3 is 4.42 Å². The molecule has 0 spiro atoms. The molecule has 0 aliphatic heterocycles. The molecular formula is C12H15BrO2. The second-order valence-corrected chi connectivity index (χ2v) is 5.22. The lowest BCUT2D eigenvalue weighted by Crippen LogP contribution is -2.28. The Morgan fingerprint density at radius 1 is 1.67 bits per heavy atom. The molecule has 0 bridgehead atoms. The standard InChI is InChI=1S/C12H15BrO2/c1-12(5-6-13)10(2-3-11(12)14)9-4-7-15-8-9/h4,7-8,10H,2-3,5-6H2,1H3/t10-,12-/m1/s1. The molecule has 2 atom stereocenters. The van der Waals surface area contributed by atoms with Crippen LogP contribution in [-0.2, 0) is 4.79 Å². The Hall–Kier alpha value is -0.570. The van der Waals surface area contributed by atoms with Crippen LogP contribution in [0.3, 0.4) is 0 Å². The van der Waals surface area contributed by atoms with Crippen LogP contribution >= 0.6 is 15.9 Å². The maximum absolute atomic E-state index is 11.9. The number of furan rings is 1. The number of halogens is 1. The summed E-state index contributed by atoms with van der Waals surface area (Å²) in [5.74, 6) is 0.731. The number of carbonyl (C=O) groups is 1. The summed E-state index contributed by atoms with van der Waals surface area (Å²) in [6.45, 7) is 2.08. The van der Waals surface area contributed by atoms with Crippen LogP contribution in [0.5, 0.6) is 0 Å². The Morgan fingerprint density at radius 2 is 2.47 bits per heavy atom. The molecular weight excluding hydrogens is 256 g/mol. The van der Waals surface area contributed by atoms with E-state index in [1.165, 1.54) is 5.56 Å². The minimum atomic E-state index is -0.201. The number of alkyl halides is 1. The van der Waals surface area contributed by atoms with Gasteiger partial charge in [-0.2, -0.15) is 0 Å². The largest absolute Gasteiger partial charge is 0.472 e. The average molecular weight is 271 g/mol. The maximum Gasteiger partial charge on any atom is 0.139 e. The predicted octanol–water partition coefficient (Wildman–Crippen LogP) is 3.52. The van der Waals surface area contributed by atoms with Gasteiger partial charge in [-0.1, -0.05) is 22.9 Å². The van der Waals surface area contributed by atoms with E-state index < -0.39 is 0 Å². The third-order valence-electron chi connectivity index (χ3n) is 3.63. The highest BCUT2D eigenvalue weighted by Gasteiger charge is 2.46. The van der Waals surface area contributed by atoms with E-state index in [9.17, 15) is 4.79 Å². The van der Waals surface area contributed by atoms with E-state index in [0.29, 0.717) is 18.1 Å². The van der Waals surface area contributed by atoms with Crippen LogP contribution in [0.15, 0.2) is 23.0 Å². The summed E-state index contributed by atoms with van der Waals surface area (Å²) in [5, 5.41) is 0.879. The van der Waals surface area contributed by atoms with Crippen molar-refractivity contribution in [3.63, 3.8) is 0 Å². The lowest BCUT2D eigenvalue weighted by molar-refractivity contribution is -0.125. The van der Waals surface area contributed by atoms with Crippen molar-refractivity contribution in [2.24, 2.45) is 5.41 Å². The summed E-state index contributed by atoms with van der Waals surface area (Å²) in [6, 6.07) is 1.98. The molecule has 1 aliphatic carbocycles. The monoisotopic (exact) mass is 270 g/mol. The van der Waals surface area contributed by atoms with Crippen molar-refractivity contribution in [1.82, 2.24) is 0 Å². The summed E-state index contributed by atoms with van der Waals surface area (Å²) in [5.41, 5.74) is 0.970. The summed E-state index contributed by atoms with van der Waals surface area (Å²) in [7, 11) is 0. The first-order valence-electron chi connectivity index (χ1n) is 5.30. The quantitative estimate of drug-likeness (QED) is 0.787. The minimum absolute atomic E-state index is 0.201. The van der Waals surface area contributed by atoms with Crippen LogP contribution in [0.2, 0.25) is 0 Å². The number of rotatable bonds is 3. The van der Waals surface area contributed by atoms with Crippen molar-refractivity contribution < 1.29 is 9.21 Å². The summed E-state index contributed by atoms with van der Waals surface area (Å²) < 4.78 is 5.11. The number of carbonyl (C=O) groups excluding carboxylic acids is 1. The molecule has 0 N–H and O–H groups in total. The molecule has 82 valence electrons. The van der Waals surface area contributed by atoms with Crippen LogP contribution < -0.4 is 0 Å². The fraction of sp³-hybridized carbons (Fsp3) is 0.583.